The van der Waals surface area contributed by atoms with Gasteiger partial charge in [0, 0.05) is 39.4 Å². The molecule has 7 nitrogen and oxygen atoms in total. The lowest BCUT2D eigenvalue weighted by Gasteiger charge is -2.24. The third-order valence-electron chi connectivity index (χ3n) is 5.12. The van der Waals surface area contributed by atoms with Crippen LogP contribution in [0.25, 0.3) is 0 Å². The van der Waals surface area contributed by atoms with Crippen LogP contribution in [0, 0.1) is 0 Å². The van der Waals surface area contributed by atoms with Crippen molar-refractivity contribution in [2.24, 2.45) is 0 Å². The first-order valence-electron chi connectivity index (χ1n) is 13.0. The van der Waals surface area contributed by atoms with Crippen molar-refractivity contribution in [3.05, 3.63) is 71.8 Å². The van der Waals surface area contributed by atoms with E-state index in [1.165, 1.54) is 0 Å². The van der Waals surface area contributed by atoms with E-state index in [2.05, 4.69) is 34.5 Å². The van der Waals surface area contributed by atoms with Crippen LogP contribution in [0.15, 0.2) is 60.7 Å². The van der Waals surface area contributed by atoms with E-state index in [0.29, 0.717) is 65.6 Å². The lowest BCUT2D eigenvalue weighted by molar-refractivity contribution is 0.0230. The van der Waals surface area contributed by atoms with Gasteiger partial charge in [0.1, 0.15) is 11.8 Å². The first-order valence-corrected chi connectivity index (χ1v) is 13.0. The van der Waals surface area contributed by atoms with Gasteiger partial charge < -0.3 is 24.3 Å². The molecule has 0 saturated heterocycles. The highest BCUT2D eigenvalue weighted by atomic mass is 19.1. The molecule has 0 aliphatic carbocycles. The number of hydrogen-bond acceptors (Lipinski definition) is 6. The Morgan fingerprint density at radius 3 is 1.95 bits per heavy atom. The van der Waals surface area contributed by atoms with Gasteiger partial charge in [0.2, 0.25) is 0 Å². The van der Waals surface area contributed by atoms with Crippen molar-refractivity contribution >= 4 is 6.09 Å². The maximum Gasteiger partial charge on any atom is 0.407 e. The zero-order valence-corrected chi connectivity index (χ0v) is 22.5. The second-order valence-corrected chi connectivity index (χ2v) is 9.82. The summed E-state index contributed by atoms with van der Waals surface area (Å²) in [6.45, 7) is 9.79. The topological polar surface area (TPSA) is 69.3 Å². The van der Waals surface area contributed by atoms with Crippen LogP contribution in [0.3, 0.4) is 0 Å². The summed E-state index contributed by atoms with van der Waals surface area (Å²) in [7, 11) is 0. The molecular weight excluding hydrogens is 475 g/mol. The van der Waals surface area contributed by atoms with Crippen molar-refractivity contribution < 1.29 is 28.1 Å². The van der Waals surface area contributed by atoms with Crippen molar-refractivity contribution in [3.8, 4) is 0 Å². The Kier molecular flexibility index (Phi) is 14.8. The molecule has 0 fully saturated rings. The standard InChI is InChI=1S/C29H43FN2O5/c1-29(2,3)37-28(33)31-15-18-35-20-19-34-16-10-17-36-24-27(30)23-32(21-25-11-6-4-7-12-25)22-26-13-8-5-9-14-26/h4-9,11-14,27H,10,15-24H2,1-3H3,(H,31,33)/t27-/m0/s1. The van der Waals surface area contributed by atoms with Gasteiger partial charge >= 0.3 is 6.09 Å². The lowest BCUT2D eigenvalue weighted by atomic mass is 10.1. The molecule has 1 N–H and O–H groups in total. The number of alkyl carbamates (subject to hydrolysis) is 1. The van der Waals surface area contributed by atoms with Gasteiger partial charge in [-0.15, -0.1) is 0 Å². The molecule has 0 spiro atoms. The van der Waals surface area contributed by atoms with Crippen LogP contribution in [0.5, 0.6) is 0 Å². The van der Waals surface area contributed by atoms with E-state index in [9.17, 15) is 9.18 Å². The third kappa shape index (κ3) is 16.0. The van der Waals surface area contributed by atoms with Crippen LogP contribution in [0.2, 0.25) is 0 Å². The molecule has 2 aromatic rings. The molecule has 0 radical (unpaired) electrons. The number of carbonyl (C=O) groups is 1. The van der Waals surface area contributed by atoms with Gasteiger partial charge in [0.25, 0.3) is 0 Å². The van der Waals surface area contributed by atoms with Gasteiger partial charge in [-0.05, 0) is 38.3 Å². The number of carbonyl (C=O) groups excluding carboxylic acids is 1. The summed E-state index contributed by atoms with van der Waals surface area (Å²) in [5, 5.41) is 2.63. The summed E-state index contributed by atoms with van der Waals surface area (Å²) in [6, 6.07) is 20.2. The minimum Gasteiger partial charge on any atom is -0.444 e. The molecule has 37 heavy (non-hydrogen) atoms. The fraction of sp³-hybridized carbons (Fsp3) is 0.552. The minimum absolute atomic E-state index is 0.0633. The van der Waals surface area contributed by atoms with Gasteiger partial charge in [-0.2, -0.15) is 0 Å². The van der Waals surface area contributed by atoms with E-state index in [0.717, 1.165) is 11.1 Å². The highest BCUT2D eigenvalue weighted by Crippen LogP contribution is 2.12. The van der Waals surface area contributed by atoms with Crippen LogP contribution < -0.4 is 5.32 Å². The first kappa shape index (κ1) is 30.7. The molecule has 1 atom stereocenters. The zero-order chi connectivity index (χ0) is 26.8. The van der Waals surface area contributed by atoms with E-state index in [4.69, 9.17) is 18.9 Å². The molecule has 206 valence electrons. The average molecular weight is 519 g/mol. The molecule has 0 unspecified atom stereocenters. The fourth-order valence-electron chi connectivity index (χ4n) is 3.54. The highest BCUT2D eigenvalue weighted by Gasteiger charge is 2.16. The number of alkyl halides is 1. The van der Waals surface area contributed by atoms with Crippen LogP contribution in [-0.4, -0.2) is 75.5 Å². The van der Waals surface area contributed by atoms with Crippen molar-refractivity contribution in [1.82, 2.24) is 10.2 Å². The predicted molar refractivity (Wildman–Crippen MR) is 143 cm³/mol. The van der Waals surface area contributed by atoms with Gasteiger partial charge in [0.05, 0.1) is 26.4 Å². The number of halogens is 1. The maximum absolute atomic E-state index is 14.7. The minimum atomic E-state index is -1.07. The van der Waals surface area contributed by atoms with Crippen molar-refractivity contribution in [1.29, 1.82) is 0 Å². The molecule has 2 rings (SSSR count). The number of nitrogens with one attached hydrogen (secondary N) is 1. The summed E-state index contributed by atoms with van der Waals surface area (Å²) in [5.41, 5.74) is 1.80. The van der Waals surface area contributed by atoms with Gasteiger partial charge in [-0.3, -0.25) is 4.90 Å². The Morgan fingerprint density at radius 2 is 1.38 bits per heavy atom. The Hall–Kier alpha value is -2.52. The third-order valence-corrected chi connectivity index (χ3v) is 5.12. The molecule has 0 aliphatic heterocycles. The molecule has 0 aliphatic rings. The normalized spacial score (nSPS) is 12.5. The van der Waals surface area contributed by atoms with Crippen LogP contribution in [0.4, 0.5) is 9.18 Å². The van der Waals surface area contributed by atoms with Crippen LogP contribution in [0.1, 0.15) is 38.3 Å². The summed E-state index contributed by atoms with van der Waals surface area (Å²) in [6.07, 6.45) is -0.844. The summed E-state index contributed by atoms with van der Waals surface area (Å²) < 4.78 is 36.3. The van der Waals surface area contributed by atoms with Crippen molar-refractivity contribution in [3.63, 3.8) is 0 Å². The number of rotatable bonds is 18. The monoisotopic (exact) mass is 518 g/mol. The lowest BCUT2D eigenvalue weighted by Crippen LogP contribution is -2.34. The number of benzene rings is 2. The van der Waals surface area contributed by atoms with E-state index >= 15 is 0 Å². The van der Waals surface area contributed by atoms with E-state index in [-0.39, 0.29) is 6.61 Å². The molecule has 0 heterocycles. The largest absolute Gasteiger partial charge is 0.444 e. The molecule has 0 aromatic heterocycles. The molecule has 0 bridgehead atoms. The van der Waals surface area contributed by atoms with Crippen LogP contribution in [-0.2, 0) is 32.0 Å². The van der Waals surface area contributed by atoms with Gasteiger partial charge in [0.15, 0.2) is 0 Å². The second kappa shape index (κ2) is 17.9. The van der Waals surface area contributed by atoms with E-state index < -0.39 is 17.9 Å². The number of hydrogen-bond donors (Lipinski definition) is 1. The van der Waals surface area contributed by atoms with Crippen LogP contribution >= 0.6 is 0 Å². The maximum atomic E-state index is 14.7. The Morgan fingerprint density at radius 1 is 0.838 bits per heavy atom. The van der Waals surface area contributed by atoms with Crippen molar-refractivity contribution in [2.45, 2.75) is 52.1 Å². The van der Waals surface area contributed by atoms with Crippen molar-refractivity contribution in [2.75, 3.05) is 52.7 Å². The molecule has 2 aromatic carbocycles. The zero-order valence-electron chi connectivity index (χ0n) is 22.5. The molecule has 8 heteroatoms. The fourth-order valence-corrected chi connectivity index (χ4v) is 3.54. The number of ether oxygens (including phenoxy) is 4. The first-order chi connectivity index (χ1) is 17.8. The summed E-state index contributed by atoms with van der Waals surface area (Å²) >= 11 is 0. The molecule has 0 saturated carbocycles. The molecular formula is C29H43FN2O5. The quantitative estimate of drug-likeness (QED) is 0.281. The smallest absolute Gasteiger partial charge is 0.407 e. The Labute approximate surface area is 221 Å². The second-order valence-electron chi connectivity index (χ2n) is 9.82. The predicted octanol–water partition coefficient (Wildman–Crippen LogP) is 4.99. The van der Waals surface area contributed by atoms with E-state index in [1.54, 1.807) is 0 Å². The molecule has 1 amide bonds. The summed E-state index contributed by atoms with van der Waals surface area (Å²) in [5.74, 6) is 0. The number of amides is 1. The average Bonchev–Trinajstić information content (AvgIpc) is 2.85. The van der Waals surface area contributed by atoms with Gasteiger partial charge in [-0.1, -0.05) is 60.7 Å². The SMILES string of the molecule is CC(C)(C)OC(=O)NCCOCCOCCCOC[C@@H](F)CN(Cc1ccccc1)Cc1ccccc1. The number of nitrogens with zero attached hydrogens (tertiary/aromatic N) is 1. The Bertz CT molecular complexity index is 807. The van der Waals surface area contributed by atoms with Gasteiger partial charge in [-0.25, -0.2) is 9.18 Å². The van der Waals surface area contributed by atoms with E-state index in [1.807, 2.05) is 57.2 Å². The highest BCUT2D eigenvalue weighted by molar-refractivity contribution is 5.67. The summed E-state index contributed by atoms with van der Waals surface area (Å²) in [4.78, 5) is 13.6. The Balaban J connectivity index is 1.51.